The van der Waals surface area contributed by atoms with E-state index in [2.05, 4.69) is 6.58 Å². The van der Waals surface area contributed by atoms with Gasteiger partial charge in [0.05, 0.1) is 4.92 Å². The summed E-state index contributed by atoms with van der Waals surface area (Å²) in [5, 5.41) is 21.1. The van der Waals surface area contributed by atoms with Crippen molar-refractivity contribution >= 4 is 34.0 Å². The molecule has 1 aromatic carbocycles. The van der Waals surface area contributed by atoms with Crippen molar-refractivity contribution in [2.24, 2.45) is 0 Å². The highest BCUT2D eigenvalue weighted by molar-refractivity contribution is 8.23. The Balaban J connectivity index is 2.35. The lowest BCUT2D eigenvalue weighted by Crippen LogP contribution is -2.35. The van der Waals surface area contributed by atoms with E-state index in [0.29, 0.717) is 22.8 Å². The lowest BCUT2D eigenvalue weighted by atomic mass is 10.1. The maximum Gasteiger partial charge on any atom is 0.269 e. The molecule has 0 saturated heterocycles. The Labute approximate surface area is 120 Å². The minimum Gasteiger partial charge on any atom is -0.369 e. The monoisotopic (exact) mass is 296 g/mol. The first-order chi connectivity index (χ1) is 9.04. The van der Waals surface area contributed by atoms with E-state index >= 15 is 0 Å². The van der Waals surface area contributed by atoms with Crippen LogP contribution in [0.5, 0.6) is 0 Å². The van der Waals surface area contributed by atoms with Gasteiger partial charge >= 0.3 is 0 Å². The molecule has 7 heteroatoms. The molecule has 1 unspecified atom stereocenters. The zero-order chi connectivity index (χ0) is 14.0. The van der Waals surface area contributed by atoms with E-state index in [-0.39, 0.29) is 5.69 Å². The summed E-state index contributed by atoms with van der Waals surface area (Å²) in [6.07, 6.45) is 1.48. The quantitative estimate of drug-likeness (QED) is 0.399. The second kappa shape index (κ2) is 5.68. The number of thiocarbonyl (C=S) groups is 1. The van der Waals surface area contributed by atoms with Gasteiger partial charge < -0.3 is 10.0 Å². The van der Waals surface area contributed by atoms with Crippen molar-refractivity contribution in [3.05, 3.63) is 46.5 Å². The van der Waals surface area contributed by atoms with Crippen molar-refractivity contribution in [2.45, 2.75) is 17.5 Å². The Morgan fingerprint density at radius 3 is 3.00 bits per heavy atom. The molecule has 0 aliphatic carbocycles. The molecule has 2 rings (SSSR count). The predicted molar refractivity (Wildman–Crippen MR) is 78.0 cm³/mol. The molecule has 19 heavy (non-hydrogen) atoms. The summed E-state index contributed by atoms with van der Waals surface area (Å²) in [4.78, 5) is 12.7. The third kappa shape index (κ3) is 2.78. The number of thioether (sulfide) groups is 1. The maximum atomic E-state index is 10.8. The molecule has 0 aromatic heterocycles. The molecule has 1 N–H and O–H groups in total. The molecular weight excluding hydrogens is 284 g/mol. The number of aliphatic hydroxyl groups excluding tert-OH is 1. The number of aliphatic hydroxyl groups is 1. The van der Waals surface area contributed by atoms with Gasteiger partial charge in [0.2, 0.25) is 0 Å². The first kappa shape index (κ1) is 14.0. The average Bonchev–Trinajstić information content (AvgIpc) is 2.38. The first-order valence-electron chi connectivity index (χ1n) is 5.60. The highest BCUT2D eigenvalue weighted by Crippen LogP contribution is 2.39. The fourth-order valence-corrected chi connectivity index (χ4v) is 3.18. The molecule has 0 spiro atoms. The number of hydrogen-bond donors (Lipinski definition) is 1. The number of hydrogen-bond acceptors (Lipinski definition) is 5. The molecule has 100 valence electrons. The molecule has 5 nitrogen and oxygen atoms in total. The van der Waals surface area contributed by atoms with Gasteiger partial charge in [-0.1, -0.05) is 30.1 Å². The zero-order valence-electron chi connectivity index (χ0n) is 9.98. The van der Waals surface area contributed by atoms with Gasteiger partial charge in [-0.3, -0.25) is 10.1 Å². The normalized spacial score (nSPS) is 18.1. The van der Waals surface area contributed by atoms with Crippen LogP contribution in [0, 0.1) is 10.1 Å². The van der Waals surface area contributed by atoms with Gasteiger partial charge in [-0.05, 0) is 12.5 Å². The Morgan fingerprint density at radius 1 is 1.63 bits per heavy atom. The number of non-ortho nitro benzene ring substituents is 1. The van der Waals surface area contributed by atoms with Crippen LogP contribution in [0.3, 0.4) is 0 Å². The van der Waals surface area contributed by atoms with Crippen LogP contribution in [0.25, 0.3) is 0 Å². The summed E-state index contributed by atoms with van der Waals surface area (Å²) in [7, 11) is 0. The number of nitro benzene ring substituents is 1. The number of rotatable bonds is 4. The summed E-state index contributed by atoms with van der Waals surface area (Å²) < 4.78 is 0.565. The van der Waals surface area contributed by atoms with Gasteiger partial charge in [0.25, 0.3) is 5.69 Å². The van der Waals surface area contributed by atoms with Gasteiger partial charge in [-0.25, -0.2) is 0 Å². The van der Waals surface area contributed by atoms with E-state index in [0.717, 1.165) is 4.90 Å². The summed E-state index contributed by atoms with van der Waals surface area (Å²) in [5.74, 6) is 0. The Morgan fingerprint density at radius 2 is 2.37 bits per heavy atom. The predicted octanol–water partition coefficient (Wildman–Crippen LogP) is 2.85. The molecule has 1 atom stereocenters. The standard InChI is InChI=1S/C12H12N2O3S2/c1-2-3-6-13-11(15)9-7-8(14(16)17)4-5-10(9)19-12(13)18/h2,4-5,7,11,15H,1,3,6H2. The fourth-order valence-electron chi connectivity index (χ4n) is 1.81. The minimum absolute atomic E-state index is 0.0325. The first-order valence-corrected chi connectivity index (χ1v) is 6.83. The van der Waals surface area contributed by atoms with E-state index < -0.39 is 11.2 Å². The molecule has 1 heterocycles. The van der Waals surface area contributed by atoms with Crippen molar-refractivity contribution < 1.29 is 10.0 Å². The second-order valence-corrected chi connectivity index (χ2v) is 5.67. The van der Waals surface area contributed by atoms with Crippen LogP contribution >= 0.6 is 24.0 Å². The third-order valence-corrected chi connectivity index (χ3v) is 4.27. The maximum absolute atomic E-state index is 10.8. The lowest BCUT2D eigenvalue weighted by molar-refractivity contribution is -0.385. The van der Waals surface area contributed by atoms with Gasteiger partial charge in [-0.2, -0.15) is 0 Å². The Kier molecular flexibility index (Phi) is 4.18. The van der Waals surface area contributed by atoms with Crippen LogP contribution < -0.4 is 0 Å². The van der Waals surface area contributed by atoms with E-state index in [1.807, 2.05) is 0 Å². The topological polar surface area (TPSA) is 66.6 Å². The molecule has 0 radical (unpaired) electrons. The zero-order valence-corrected chi connectivity index (χ0v) is 11.6. The van der Waals surface area contributed by atoms with Crippen LogP contribution in [0.1, 0.15) is 18.2 Å². The molecular formula is C12H12N2O3S2. The van der Waals surface area contributed by atoms with E-state index in [4.69, 9.17) is 12.2 Å². The van der Waals surface area contributed by atoms with Crippen molar-refractivity contribution in [3.63, 3.8) is 0 Å². The average molecular weight is 296 g/mol. The highest BCUT2D eigenvalue weighted by atomic mass is 32.2. The van der Waals surface area contributed by atoms with Crippen LogP contribution in [0.4, 0.5) is 5.69 Å². The van der Waals surface area contributed by atoms with Crippen molar-refractivity contribution in [1.82, 2.24) is 4.90 Å². The Hall–Kier alpha value is -1.44. The number of nitrogens with zero attached hydrogens (tertiary/aromatic N) is 2. The van der Waals surface area contributed by atoms with Crippen molar-refractivity contribution in [1.29, 1.82) is 0 Å². The van der Waals surface area contributed by atoms with Crippen molar-refractivity contribution in [2.75, 3.05) is 6.54 Å². The number of nitro groups is 1. The summed E-state index contributed by atoms with van der Waals surface area (Å²) in [6.45, 7) is 4.17. The molecule has 1 aromatic rings. The van der Waals surface area contributed by atoms with E-state index in [1.54, 1.807) is 17.0 Å². The third-order valence-electron chi connectivity index (χ3n) is 2.78. The summed E-state index contributed by atoms with van der Waals surface area (Å²) >= 11 is 6.57. The fraction of sp³-hybridized carbons (Fsp3) is 0.250. The molecule has 0 saturated carbocycles. The van der Waals surface area contributed by atoms with Crippen LogP contribution in [0.2, 0.25) is 0 Å². The smallest absolute Gasteiger partial charge is 0.269 e. The minimum atomic E-state index is -0.941. The summed E-state index contributed by atoms with van der Waals surface area (Å²) in [5.41, 5.74) is 0.492. The van der Waals surface area contributed by atoms with Crippen LogP contribution in [-0.2, 0) is 0 Å². The second-order valence-electron chi connectivity index (χ2n) is 3.99. The summed E-state index contributed by atoms with van der Waals surface area (Å²) in [6, 6.07) is 4.44. The number of benzene rings is 1. The van der Waals surface area contributed by atoms with Crippen LogP contribution in [0.15, 0.2) is 35.7 Å². The molecule has 0 amide bonds. The largest absolute Gasteiger partial charge is 0.369 e. The van der Waals surface area contributed by atoms with Gasteiger partial charge in [-0.15, -0.1) is 6.58 Å². The lowest BCUT2D eigenvalue weighted by Gasteiger charge is -2.34. The van der Waals surface area contributed by atoms with Gasteiger partial charge in [0.1, 0.15) is 4.32 Å². The number of fused-ring (bicyclic) bond motifs is 1. The molecule has 1 aliphatic heterocycles. The SMILES string of the molecule is C=CCCN1C(=S)Sc2ccc([N+](=O)[O-])cc2C1O. The van der Waals surface area contributed by atoms with Crippen LogP contribution in [-0.4, -0.2) is 25.8 Å². The Bertz CT molecular complexity index is 548. The molecule has 1 aliphatic rings. The highest BCUT2D eigenvalue weighted by Gasteiger charge is 2.30. The van der Waals surface area contributed by atoms with E-state index in [9.17, 15) is 15.2 Å². The molecule has 0 fully saturated rings. The van der Waals surface area contributed by atoms with Crippen molar-refractivity contribution in [3.8, 4) is 0 Å². The van der Waals surface area contributed by atoms with Gasteiger partial charge in [0.15, 0.2) is 6.23 Å². The molecule has 0 bridgehead atoms. The van der Waals surface area contributed by atoms with E-state index in [1.165, 1.54) is 23.9 Å². The van der Waals surface area contributed by atoms with Gasteiger partial charge in [0, 0.05) is 29.1 Å².